The minimum atomic E-state index is -0.133. The number of nitrogens with zero attached hydrogens (tertiary/aromatic N) is 3. The Balaban J connectivity index is 1.55. The largest absolute Gasteiger partial charge is 0.365 e. The molecule has 0 aliphatic heterocycles. The molecule has 0 atom stereocenters. The van der Waals surface area contributed by atoms with Crippen LogP contribution in [-0.2, 0) is 13.1 Å². The molecule has 0 saturated carbocycles. The Bertz CT molecular complexity index is 1340. The topological polar surface area (TPSA) is 75.6 Å². The van der Waals surface area contributed by atoms with E-state index in [-0.39, 0.29) is 5.69 Å². The van der Waals surface area contributed by atoms with Gasteiger partial charge in [0.2, 0.25) is 0 Å². The van der Waals surface area contributed by atoms with Gasteiger partial charge in [-0.05, 0) is 23.3 Å². The predicted molar refractivity (Wildman–Crippen MR) is 115 cm³/mol. The van der Waals surface area contributed by atoms with Crippen LogP contribution in [-0.4, -0.2) is 19.5 Å². The molecule has 0 radical (unpaired) electrons. The zero-order chi connectivity index (χ0) is 19.6. The number of fused-ring (bicyclic) bond motifs is 2. The lowest BCUT2D eigenvalue weighted by atomic mass is 10.2. The maximum atomic E-state index is 12.6. The van der Waals surface area contributed by atoms with Crippen molar-refractivity contribution in [3.63, 3.8) is 0 Å². The molecule has 0 unspecified atom stereocenters. The molecule has 0 bridgehead atoms. The van der Waals surface area contributed by atoms with Crippen LogP contribution in [0.2, 0.25) is 0 Å². The van der Waals surface area contributed by atoms with Crippen molar-refractivity contribution in [2.24, 2.45) is 0 Å². The Hall–Kier alpha value is -3.93. The SMILES string of the molecule is O=c1[nH]c2cc3c(NCc4ccccc4)ncnc3cc2n1Cc1ccccc1. The molecule has 0 fully saturated rings. The van der Waals surface area contributed by atoms with Gasteiger partial charge in [0.15, 0.2) is 0 Å². The summed E-state index contributed by atoms with van der Waals surface area (Å²) in [6.45, 7) is 1.17. The Morgan fingerprint density at radius 2 is 1.62 bits per heavy atom. The van der Waals surface area contributed by atoms with Crippen LogP contribution in [0.15, 0.2) is 83.9 Å². The predicted octanol–water partition coefficient (Wildman–Crippen LogP) is 3.93. The zero-order valence-corrected chi connectivity index (χ0v) is 15.7. The smallest absolute Gasteiger partial charge is 0.326 e. The van der Waals surface area contributed by atoms with Gasteiger partial charge < -0.3 is 10.3 Å². The number of rotatable bonds is 5. The van der Waals surface area contributed by atoms with Crippen molar-refractivity contribution >= 4 is 27.8 Å². The highest BCUT2D eigenvalue weighted by Gasteiger charge is 2.12. The fraction of sp³-hybridized carbons (Fsp3) is 0.0870. The summed E-state index contributed by atoms with van der Waals surface area (Å²) in [4.78, 5) is 24.4. The second-order valence-electron chi connectivity index (χ2n) is 6.95. The average Bonchev–Trinajstić information content (AvgIpc) is 3.06. The second-order valence-corrected chi connectivity index (χ2v) is 6.95. The van der Waals surface area contributed by atoms with E-state index in [2.05, 4.69) is 32.4 Å². The number of anilines is 1. The van der Waals surface area contributed by atoms with E-state index in [9.17, 15) is 4.79 Å². The van der Waals surface area contributed by atoms with E-state index >= 15 is 0 Å². The summed E-state index contributed by atoms with van der Waals surface area (Å²) < 4.78 is 1.74. The van der Waals surface area contributed by atoms with Crippen LogP contribution in [0.5, 0.6) is 0 Å². The molecule has 2 aromatic heterocycles. The summed E-state index contributed by atoms with van der Waals surface area (Å²) in [5, 5.41) is 4.26. The monoisotopic (exact) mass is 381 g/mol. The van der Waals surface area contributed by atoms with E-state index < -0.39 is 0 Å². The minimum Gasteiger partial charge on any atom is -0.365 e. The van der Waals surface area contributed by atoms with Gasteiger partial charge >= 0.3 is 5.69 Å². The summed E-state index contributed by atoms with van der Waals surface area (Å²) in [5.41, 5.74) is 4.51. The van der Waals surface area contributed by atoms with Gasteiger partial charge in [-0.3, -0.25) is 4.57 Å². The maximum absolute atomic E-state index is 12.6. The van der Waals surface area contributed by atoms with Gasteiger partial charge in [-0.1, -0.05) is 60.7 Å². The standard InChI is InChI=1S/C23H19N5O/c29-23-27-20-11-18-19(12-21(20)28(23)14-17-9-5-2-6-10-17)25-15-26-22(18)24-13-16-7-3-1-4-8-16/h1-12,15H,13-14H2,(H,27,29)(H,24,25,26). The second kappa shape index (κ2) is 7.24. The first kappa shape index (κ1) is 17.2. The first-order chi connectivity index (χ1) is 14.3. The van der Waals surface area contributed by atoms with Crippen LogP contribution in [0.25, 0.3) is 21.9 Å². The van der Waals surface area contributed by atoms with Crippen molar-refractivity contribution in [1.82, 2.24) is 19.5 Å². The maximum Gasteiger partial charge on any atom is 0.326 e. The first-order valence-electron chi connectivity index (χ1n) is 9.47. The minimum absolute atomic E-state index is 0.133. The first-order valence-corrected chi connectivity index (χ1v) is 9.47. The Morgan fingerprint density at radius 3 is 2.38 bits per heavy atom. The molecule has 0 aliphatic carbocycles. The summed E-state index contributed by atoms with van der Waals surface area (Å²) >= 11 is 0. The van der Waals surface area contributed by atoms with Crippen LogP contribution in [0.1, 0.15) is 11.1 Å². The van der Waals surface area contributed by atoms with Crippen LogP contribution in [0, 0.1) is 0 Å². The van der Waals surface area contributed by atoms with E-state index in [0.29, 0.717) is 13.1 Å². The normalized spacial score (nSPS) is 11.2. The lowest BCUT2D eigenvalue weighted by Crippen LogP contribution is -2.17. The van der Waals surface area contributed by atoms with Crippen molar-refractivity contribution in [2.75, 3.05) is 5.32 Å². The van der Waals surface area contributed by atoms with Gasteiger partial charge in [0.1, 0.15) is 12.1 Å². The number of aromatic nitrogens is 4. The van der Waals surface area contributed by atoms with Crippen molar-refractivity contribution < 1.29 is 0 Å². The molecule has 2 heterocycles. The van der Waals surface area contributed by atoms with Crippen molar-refractivity contribution in [3.8, 4) is 0 Å². The quantitative estimate of drug-likeness (QED) is 0.484. The van der Waals surface area contributed by atoms with Gasteiger partial charge in [-0.2, -0.15) is 0 Å². The Labute approximate surface area is 166 Å². The third-order valence-corrected chi connectivity index (χ3v) is 5.02. The molecule has 2 N–H and O–H groups in total. The Kier molecular flexibility index (Phi) is 4.29. The van der Waals surface area contributed by atoms with Gasteiger partial charge in [0, 0.05) is 11.9 Å². The van der Waals surface area contributed by atoms with Crippen LogP contribution >= 0.6 is 0 Å². The van der Waals surface area contributed by atoms with Crippen LogP contribution in [0.4, 0.5) is 5.82 Å². The van der Waals surface area contributed by atoms with Crippen LogP contribution in [0.3, 0.4) is 0 Å². The van der Waals surface area contributed by atoms with Gasteiger partial charge in [-0.25, -0.2) is 14.8 Å². The fourth-order valence-electron chi connectivity index (χ4n) is 3.55. The van der Waals surface area contributed by atoms with Gasteiger partial charge in [-0.15, -0.1) is 0 Å². The van der Waals surface area contributed by atoms with E-state index in [0.717, 1.165) is 33.3 Å². The Morgan fingerprint density at radius 1 is 0.897 bits per heavy atom. The highest BCUT2D eigenvalue weighted by molar-refractivity contribution is 5.98. The van der Waals surface area contributed by atoms with Crippen molar-refractivity contribution in [2.45, 2.75) is 13.1 Å². The molecular weight excluding hydrogens is 362 g/mol. The third-order valence-electron chi connectivity index (χ3n) is 5.02. The molecule has 0 aliphatic rings. The number of hydrogen-bond acceptors (Lipinski definition) is 4. The summed E-state index contributed by atoms with van der Waals surface area (Å²) in [6, 6.07) is 24.0. The molecule has 5 aromatic rings. The van der Waals surface area contributed by atoms with E-state index in [1.54, 1.807) is 10.9 Å². The number of hydrogen-bond donors (Lipinski definition) is 2. The number of H-pyrrole nitrogens is 1. The van der Waals surface area contributed by atoms with Gasteiger partial charge in [0.25, 0.3) is 0 Å². The average molecular weight is 381 g/mol. The molecule has 6 heteroatoms. The number of aromatic amines is 1. The highest BCUT2D eigenvalue weighted by atomic mass is 16.1. The molecule has 0 saturated heterocycles. The van der Waals surface area contributed by atoms with Gasteiger partial charge in [0.05, 0.1) is 23.1 Å². The van der Waals surface area contributed by atoms with Crippen molar-refractivity contribution in [3.05, 3.63) is 101 Å². The molecule has 29 heavy (non-hydrogen) atoms. The summed E-state index contributed by atoms with van der Waals surface area (Å²) in [6.07, 6.45) is 1.55. The fourth-order valence-corrected chi connectivity index (χ4v) is 3.55. The molecule has 3 aromatic carbocycles. The number of nitrogens with one attached hydrogen (secondary N) is 2. The molecule has 0 spiro atoms. The molecule has 6 nitrogen and oxygen atoms in total. The zero-order valence-electron chi connectivity index (χ0n) is 15.7. The number of imidazole rings is 1. The number of benzene rings is 3. The van der Waals surface area contributed by atoms with E-state index in [4.69, 9.17) is 0 Å². The summed E-state index contributed by atoms with van der Waals surface area (Å²) in [5.74, 6) is 0.748. The van der Waals surface area contributed by atoms with Crippen molar-refractivity contribution in [1.29, 1.82) is 0 Å². The van der Waals surface area contributed by atoms with E-state index in [1.807, 2.05) is 60.7 Å². The molecule has 5 rings (SSSR count). The lowest BCUT2D eigenvalue weighted by molar-refractivity contribution is 0.787. The lowest BCUT2D eigenvalue weighted by Gasteiger charge is -2.09. The summed E-state index contributed by atoms with van der Waals surface area (Å²) in [7, 11) is 0. The molecule has 0 amide bonds. The molecular formula is C23H19N5O. The third kappa shape index (κ3) is 3.36. The molecule has 142 valence electrons. The van der Waals surface area contributed by atoms with Crippen LogP contribution < -0.4 is 11.0 Å². The van der Waals surface area contributed by atoms with E-state index in [1.165, 1.54) is 5.56 Å². The highest BCUT2D eigenvalue weighted by Crippen LogP contribution is 2.25.